The van der Waals surface area contributed by atoms with Crippen molar-refractivity contribution in [1.82, 2.24) is 4.90 Å². The molecule has 1 saturated carbocycles. The van der Waals surface area contributed by atoms with E-state index in [0.717, 1.165) is 37.3 Å². The highest BCUT2D eigenvalue weighted by molar-refractivity contribution is 5.66. The first-order chi connectivity index (χ1) is 14.6. The molecule has 1 aromatic rings. The molecule has 5 heteroatoms. The van der Waals surface area contributed by atoms with E-state index in [9.17, 15) is 9.90 Å². The highest BCUT2D eigenvalue weighted by Crippen LogP contribution is 2.51. The molecule has 1 fully saturated rings. The van der Waals surface area contributed by atoms with Crippen molar-refractivity contribution in [3.8, 4) is 5.75 Å². The van der Waals surface area contributed by atoms with Crippen LogP contribution in [-0.4, -0.2) is 48.4 Å². The van der Waals surface area contributed by atoms with Gasteiger partial charge in [0.1, 0.15) is 11.9 Å². The van der Waals surface area contributed by atoms with Crippen molar-refractivity contribution in [2.24, 2.45) is 23.7 Å². The van der Waals surface area contributed by atoms with E-state index in [1.165, 1.54) is 12.5 Å². The fraction of sp³-hybridized carbons (Fsp3) is 0.654. The summed E-state index contributed by atoms with van der Waals surface area (Å²) in [6, 6.07) is 8.24. The Hall–Kier alpha value is -1.85. The molecule has 0 bridgehead atoms. The predicted molar refractivity (Wildman–Crippen MR) is 123 cm³/mol. The quantitative estimate of drug-likeness (QED) is 0.513. The van der Waals surface area contributed by atoms with Gasteiger partial charge in [-0.25, -0.2) is 0 Å². The zero-order valence-corrected chi connectivity index (χ0v) is 19.9. The van der Waals surface area contributed by atoms with E-state index in [-0.39, 0.29) is 23.9 Å². The first-order valence-electron chi connectivity index (χ1n) is 11.5. The van der Waals surface area contributed by atoms with Gasteiger partial charge in [-0.05, 0) is 67.8 Å². The van der Waals surface area contributed by atoms with Crippen LogP contribution in [0, 0.1) is 23.7 Å². The molecule has 2 aliphatic carbocycles. The number of aliphatic hydroxyl groups is 1. The lowest BCUT2D eigenvalue weighted by Gasteiger charge is -2.53. The molecule has 0 unspecified atom stereocenters. The SMILES string of the molecule is COc1ccc(CN(C)C[C@@H](C)[C@@H]2CC[C@@H](C)[C@]3(O)C[C@@H](OC(C)=O)C(C)=C[C@H]23)cc1. The molecule has 0 radical (unpaired) electrons. The summed E-state index contributed by atoms with van der Waals surface area (Å²) >= 11 is 0. The molecule has 172 valence electrons. The highest BCUT2D eigenvalue weighted by Gasteiger charge is 2.52. The number of hydrogen-bond acceptors (Lipinski definition) is 5. The molecule has 6 atom stereocenters. The van der Waals surface area contributed by atoms with Crippen LogP contribution in [0.2, 0.25) is 0 Å². The van der Waals surface area contributed by atoms with Crippen molar-refractivity contribution in [1.29, 1.82) is 0 Å². The van der Waals surface area contributed by atoms with Crippen LogP contribution in [0.3, 0.4) is 0 Å². The Morgan fingerprint density at radius 2 is 1.97 bits per heavy atom. The van der Waals surface area contributed by atoms with Crippen molar-refractivity contribution in [2.45, 2.75) is 65.2 Å². The van der Waals surface area contributed by atoms with Crippen LogP contribution in [0.15, 0.2) is 35.9 Å². The van der Waals surface area contributed by atoms with Crippen LogP contribution >= 0.6 is 0 Å². The van der Waals surface area contributed by atoms with E-state index in [1.54, 1.807) is 7.11 Å². The number of benzene rings is 1. The number of nitrogens with zero attached hydrogens (tertiary/aromatic N) is 1. The number of carbonyl (C=O) groups excluding carboxylic acids is 1. The third kappa shape index (κ3) is 5.32. The summed E-state index contributed by atoms with van der Waals surface area (Å²) in [6.07, 6.45) is 4.52. The molecule has 1 N–H and O–H groups in total. The Bertz CT molecular complexity index is 789. The third-order valence-electron chi connectivity index (χ3n) is 7.54. The minimum atomic E-state index is -0.814. The molecule has 5 nitrogen and oxygen atoms in total. The van der Waals surface area contributed by atoms with Crippen LogP contribution in [0.1, 0.15) is 52.5 Å². The van der Waals surface area contributed by atoms with E-state index < -0.39 is 5.60 Å². The average Bonchev–Trinajstić information content (AvgIpc) is 2.70. The van der Waals surface area contributed by atoms with E-state index in [0.29, 0.717) is 18.3 Å². The number of ether oxygens (including phenoxy) is 2. The molecule has 0 spiro atoms. The van der Waals surface area contributed by atoms with Gasteiger partial charge in [-0.1, -0.05) is 32.1 Å². The number of hydrogen-bond donors (Lipinski definition) is 1. The summed E-state index contributed by atoms with van der Waals surface area (Å²) in [7, 11) is 3.85. The van der Waals surface area contributed by atoms with Gasteiger partial charge in [0.05, 0.1) is 12.7 Å². The number of esters is 1. The van der Waals surface area contributed by atoms with Gasteiger partial charge in [0, 0.05) is 32.4 Å². The van der Waals surface area contributed by atoms with Gasteiger partial charge < -0.3 is 19.5 Å². The van der Waals surface area contributed by atoms with Crippen molar-refractivity contribution in [2.75, 3.05) is 20.7 Å². The average molecular weight is 430 g/mol. The minimum absolute atomic E-state index is 0.104. The van der Waals surface area contributed by atoms with E-state index in [2.05, 4.69) is 44.0 Å². The second kappa shape index (κ2) is 9.74. The Morgan fingerprint density at radius 1 is 1.29 bits per heavy atom. The lowest BCUT2D eigenvalue weighted by Crippen LogP contribution is -2.56. The second-order valence-corrected chi connectivity index (χ2v) is 9.89. The molecule has 0 aliphatic heterocycles. The Morgan fingerprint density at radius 3 is 2.58 bits per heavy atom. The molecule has 2 aliphatic rings. The minimum Gasteiger partial charge on any atom is -0.497 e. The summed E-state index contributed by atoms with van der Waals surface area (Å²) in [6.45, 7) is 9.78. The van der Waals surface area contributed by atoms with Gasteiger partial charge in [-0.15, -0.1) is 0 Å². The van der Waals surface area contributed by atoms with Crippen LogP contribution in [0.4, 0.5) is 0 Å². The van der Waals surface area contributed by atoms with Gasteiger partial charge in [-0.2, -0.15) is 0 Å². The van der Waals surface area contributed by atoms with E-state index in [4.69, 9.17) is 9.47 Å². The summed E-state index contributed by atoms with van der Waals surface area (Å²) in [5.41, 5.74) is 1.52. The van der Waals surface area contributed by atoms with Crippen molar-refractivity contribution < 1.29 is 19.4 Å². The molecule has 31 heavy (non-hydrogen) atoms. The van der Waals surface area contributed by atoms with Crippen LogP contribution in [-0.2, 0) is 16.1 Å². The summed E-state index contributed by atoms with van der Waals surface area (Å²) in [4.78, 5) is 13.9. The van der Waals surface area contributed by atoms with E-state index in [1.807, 2.05) is 19.1 Å². The van der Waals surface area contributed by atoms with Crippen LogP contribution in [0.25, 0.3) is 0 Å². The standard InChI is InChI=1S/C26H39NO4/c1-17-13-24-23(12-7-19(3)26(24,29)14-25(17)31-20(4)28)18(2)15-27(5)16-21-8-10-22(30-6)11-9-21/h8-11,13,18-19,23-25,29H,7,12,14-16H2,1-6H3/t18-,19-,23+,24-,25-,26-/m1/s1. The smallest absolute Gasteiger partial charge is 0.303 e. The highest BCUT2D eigenvalue weighted by atomic mass is 16.5. The summed E-state index contributed by atoms with van der Waals surface area (Å²) < 4.78 is 10.8. The third-order valence-corrected chi connectivity index (χ3v) is 7.54. The van der Waals surface area contributed by atoms with Crippen molar-refractivity contribution in [3.63, 3.8) is 0 Å². The maximum atomic E-state index is 11.7. The van der Waals surface area contributed by atoms with Gasteiger partial charge in [0.25, 0.3) is 0 Å². The zero-order chi connectivity index (χ0) is 22.8. The molecule has 0 aromatic heterocycles. The lowest BCUT2D eigenvalue weighted by atomic mass is 9.57. The second-order valence-electron chi connectivity index (χ2n) is 9.89. The lowest BCUT2D eigenvalue weighted by molar-refractivity contribution is -0.159. The molecule has 0 saturated heterocycles. The van der Waals surface area contributed by atoms with Gasteiger partial charge >= 0.3 is 5.97 Å². The Balaban J connectivity index is 1.70. The molecular weight excluding hydrogens is 390 g/mol. The largest absolute Gasteiger partial charge is 0.497 e. The maximum absolute atomic E-state index is 11.7. The molecule has 1 aromatic carbocycles. The normalized spacial score (nSPS) is 31.5. The number of rotatable bonds is 7. The predicted octanol–water partition coefficient (Wildman–Crippen LogP) is 4.44. The van der Waals surface area contributed by atoms with Crippen LogP contribution in [0.5, 0.6) is 5.75 Å². The van der Waals surface area contributed by atoms with Gasteiger partial charge in [-0.3, -0.25) is 4.79 Å². The fourth-order valence-corrected chi connectivity index (χ4v) is 5.73. The number of methoxy groups -OCH3 is 1. The fourth-order valence-electron chi connectivity index (χ4n) is 5.73. The van der Waals surface area contributed by atoms with Gasteiger partial charge in [0.2, 0.25) is 0 Å². The monoisotopic (exact) mass is 429 g/mol. The van der Waals surface area contributed by atoms with Crippen LogP contribution < -0.4 is 4.74 Å². The van der Waals surface area contributed by atoms with Gasteiger partial charge in [0.15, 0.2) is 0 Å². The zero-order valence-electron chi connectivity index (χ0n) is 19.9. The summed E-state index contributed by atoms with van der Waals surface area (Å²) in [5.74, 6) is 1.75. The number of carbonyl (C=O) groups is 1. The Labute approximate surface area is 187 Å². The molecular formula is C26H39NO4. The molecule has 0 amide bonds. The van der Waals surface area contributed by atoms with E-state index >= 15 is 0 Å². The molecule has 3 rings (SSSR count). The maximum Gasteiger partial charge on any atom is 0.303 e. The molecule has 0 heterocycles. The first kappa shape index (κ1) is 23.8. The summed E-state index contributed by atoms with van der Waals surface area (Å²) in [5, 5.41) is 11.7. The Kier molecular flexibility index (Phi) is 7.48. The first-order valence-corrected chi connectivity index (χ1v) is 11.5. The van der Waals surface area contributed by atoms with Crippen molar-refractivity contribution in [3.05, 3.63) is 41.5 Å². The number of fused-ring (bicyclic) bond motifs is 1. The van der Waals surface area contributed by atoms with Crippen molar-refractivity contribution >= 4 is 5.97 Å². The topological polar surface area (TPSA) is 59.0 Å².